The van der Waals surface area contributed by atoms with Crippen LogP contribution in [0.3, 0.4) is 0 Å². The second-order valence-electron chi connectivity index (χ2n) is 2.56. The zero-order chi connectivity index (χ0) is 8.69. The number of rotatable bonds is 5. The van der Waals surface area contributed by atoms with Crippen molar-refractivity contribution in [3.63, 3.8) is 0 Å². The molecule has 0 rings (SSSR count). The zero-order valence-electron chi connectivity index (χ0n) is 7.05. The van der Waals surface area contributed by atoms with Crippen LogP contribution in [0.1, 0.15) is 26.2 Å². The Kier molecular flexibility index (Phi) is 5.78. The molecule has 0 fully saturated rings. The molecule has 0 heterocycles. The van der Waals surface area contributed by atoms with Crippen molar-refractivity contribution in [3.8, 4) is 0 Å². The molecule has 4 N–H and O–H groups in total. The van der Waals surface area contributed by atoms with Gasteiger partial charge in [-0.05, 0) is 19.3 Å². The molecule has 0 aliphatic heterocycles. The summed E-state index contributed by atoms with van der Waals surface area (Å²) in [5.41, 5.74) is 3.69. The molecule has 66 valence electrons. The first-order valence-corrected chi connectivity index (χ1v) is 3.94. The lowest BCUT2D eigenvalue weighted by Crippen LogP contribution is -2.50. The fourth-order valence-corrected chi connectivity index (χ4v) is 0.773. The summed E-state index contributed by atoms with van der Waals surface area (Å²) >= 11 is 0. The van der Waals surface area contributed by atoms with E-state index in [4.69, 9.17) is 5.21 Å². The van der Waals surface area contributed by atoms with Gasteiger partial charge in [0.1, 0.15) is 0 Å². The monoisotopic (exact) mass is 161 g/mol. The molecule has 1 amide bonds. The summed E-state index contributed by atoms with van der Waals surface area (Å²) in [7, 11) is 0. The Hall–Kier alpha value is -0.610. The van der Waals surface area contributed by atoms with Crippen LogP contribution in [-0.4, -0.2) is 29.3 Å². The van der Waals surface area contributed by atoms with Crippen LogP contribution in [0, 0.1) is 0 Å². The van der Waals surface area contributed by atoms with E-state index in [1.54, 1.807) is 0 Å². The van der Waals surface area contributed by atoms with Crippen LogP contribution in [0.5, 0.6) is 0 Å². The van der Waals surface area contributed by atoms with E-state index in [0.29, 0.717) is 6.54 Å². The van der Waals surface area contributed by atoms with Gasteiger partial charge < -0.3 is 5.73 Å². The van der Waals surface area contributed by atoms with Gasteiger partial charge in [0.25, 0.3) is 0 Å². The van der Waals surface area contributed by atoms with E-state index in [2.05, 4.69) is 5.73 Å². The van der Waals surface area contributed by atoms with Gasteiger partial charge in [-0.3, -0.25) is 10.0 Å². The van der Waals surface area contributed by atoms with E-state index in [9.17, 15) is 4.79 Å². The summed E-state index contributed by atoms with van der Waals surface area (Å²) in [5, 5.41) is 9.65. The maximum Gasteiger partial charge on any atom is 0.242 e. The van der Waals surface area contributed by atoms with Crippen LogP contribution in [0.2, 0.25) is 0 Å². The molecule has 0 bridgehead atoms. The SMILES string of the molecule is CC(=O)N(O)CCCCC[NH3+]. The van der Waals surface area contributed by atoms with Crippen LogP contribution in [0.4, 0.5) is 0 Å². The topological polar surface area (TPSA) is 68.2 Å². The highest BCUT2D eigenvalue weighted by atomic mass is 16.5. The summed E-state index contributed by atoms with van der Waals surface area (Å²) in [4.78, 5) is 10.5. The van der Waals surface area contributed by atoms with E-state index in [1.807, 2.05) is 0 Å². The zero-order valence-corrected chi connectivity index (χ0v) is 7.05. The highest BCUT2D eigenvalue weighted by Gasteiger charge is 2.02. The lowest BCUT2D eigenvalue weighted by atomic mass is 10.2. The number of hydroxylamine groups is 2. The number of amides is 1. The van der Waals surface area contributed by atoms with Crippen molar-refractivity contribution in [3.05, 3.63) is 0 Å². The second kappa shape index (κ2) is 6.12. The minimum atomic E-state index is -0.292. The van der Waals surface area contributed by atoms with E-state index in [-0.39, 0.29) is 5.91 Å². The third-order valence-electron chi connectivity index (χ3n) is 1.48. The predicted molar refractivity (Wildman–Crippen MR) is 40.8 cm³/mol. The van der Waals surface area contributed by atoms with Gasteiger partial charge in [0.2, 0.25) is 5.91 Å². The molecule has 0 radical (unpaired) electrons. The van der Waals surface area contributed by atoms with Crippen molar-refractivity contribution in [1.82, 2.24) is 5.06 Å². The Labute approximate surface area is 66.9 Å². The predicted octanol–water partition coefficient (Wildman–Crippen LogP) is -0.364. The van der Waals surface area contributed by atoms with Gasteiger partial charge in [0.05, 0.1) is 6.54 Å². The number of unbranched alkanes of at least 4 members (excludes halogenated alkanes) is 2. The van der Waals surface area contributed by atoms with Crippen LogP contribution >= 0.6 is 0 Å². The molecule has 0 aromatic carbocycles. The standard InChI is InChI=1S/C7H16N2O2/c1-7(10)9(11)6-4-2-3-5-8/h11H,2-6,8H2,1H3/p+1. The number of quaternary nitrogens is 1. The Bertz CT molecular complexity index is 117. The second-order valence-corrected chi connectivity index (χ2v) is 2.56. The highest BCUT2D eigenvalue weighted by molar-refractivity contribution is 5.71. The van der Waals surface area contributed by atoms with E-state index >= 15 is 0 Å². The van der Waals surface area contributed by atoms with Crippen molar-refractivity contribution in [2.75, 3.05) is 13.1 Å². The highest BCUT2D eigenvalue weighted by Crippen LogP contribution is 1.95. The fourth-order valence-electron chi connectivity index (χ4n) is 0.773. The average Bonchev–Trinajstić information content (AvgIpc) is 1.97. The summed E-state index contributed by atoms with van der Waals surface area (Å²) in [6.07, 6.45) is 2.94. The van der Waals surface area contributed by atoms with Gasteiger partial charge in [-0.1, -0.05) is 0 Å². The smallest absolute Gasteiger partial charge is 0.242 e. The molecule has 0 saturated carbocycles. The summed E-state index contributed by atoms with van der Waals surface area (Å²) in [6, 6.07) is 0. The molecule has 0 saturated heterocycles. The summed E-state index contributed by atoms with van der Waals surface area (Å²) in [5.74, 6) is -0.292. The molecule has 4 nitrogen and oxygen atoms in total. The van der Waals surface area contributed by atoms with E-state index in [1.165, 1.54) is 6.92 Å². The van der Waals surface area contributed by atoms with Crippen LogP contribution in [-0.2, 0) is 4.79 Å². The molecular formula is C7H17N2O2+. The number of carbonyl (C=O) groups excluding carboxylic acids is 1. The molecule has 0 aromatic heterocycles. The Morgan fingerprint density at radius 1 is 1.45 bits per heavy atom. The average molecular weight is 161 g/mol. The Morgan fingerprint density at radius 2 is 2.09 bits per heavy atom. The van der Waals surface area contributed by atoms with Crippen LogP contribution in [0.25, 0.3) is 0 Å². The summed E-state index contributed by atoms with van der Waals surface area (Å²) in [6.45, 7) is 2.71. The molecule has 4 heteroatoms. The molecule has 0 unspecified atom stereocenters. The molecule has 0 atom stereocenters. The maximum atomic E-state index is 10.5. The van der Waals surface area contributed by atoms with E-state index in [0.717, 1.165) is 30.9 Å². The molecular weight excluding hydrogens is 144 g/mol. The van der Waals surface area contributed by atoms with Gasteiger partial charge in [0.15, 0.2) is 0 Å². The first kappa shape index (κ1) is 10.4. The quantitative estimate of drug-likeness (QED) is 0.328. The van der Waals surface area contributed by atoms with Crippen molar-refractivity contribution < 1.29 is 15.7 Å². The van der Waals surface area contributed by atoms with Gasteiger partial charge >= 0.3 is 0 Å². The fraction of sp³-hybridized carbons (Fsp3) is 0.857. The normalized spacial score (nSPS) is 9.73. The van der Waals surface area contributed by atoms with Crippen molar-refractivity contribution in [2.24, 2.45) is 0 Å². The molecule has 11 heavy (non-hydrogen) atoms. The first-order valence-electron chi connectivity index (χ1n) is 3.94. The lowest BCUT2D eigenvalue weighted by Gasteiger charge is -2.10. The number of hydrogen-bond acceptors (Lipinski definition) is 2. The van der Waals surface area contributed by atoms with Gasteiger partial charge in [0, 0.05) is 13.5 Å². The van der Waals surface area contributed by atoms with E-state index < -0.39 is 0 Å². The first-order chi connectivity index (χ1) is 5.18. The van der Waals surface area contributed by atoms with Gasteiger partial charge in [-0.15, -0.1) is 0 Å². The third-order valence-corrected chi connectivity index (χ3v) is 1.48. The van der Waals surface area contributed by atoms with Crippen molar-refractivity contribution in [2.45, 2.75) is 26.2 Å². The Morgan fingerprint density at radius 3 is 2.55 bits per heavy atom. The maximum absolute atomic E-state index is 10.5. The van der Waals surface area contributed by atoms with Crippen molar-refractivity contribution in [1.29, 1.82) is 0 Å². The minimum Gasteiger partial charge on any atom is -0.358 e. The van der Waals surface area contributed by atoms with Gasteiger partial charge in [-0.2, -0.15) is 0 Å². The molecule has 0 aromatic rings. The number of hydrogen-bond donors (Lipinski definition) is 2. The van der Waals surface area contributed by atoms with Crippen LogP contribution in [0.15, 0.2) is 0 Å². The van der Waals surface area contributed by atoms with Crippen LogP contribution < -0.4 is 5.73 Å². The number of carbonyl (C=O) groups is 1. The Balaban J connectivity index is 3.17. The largest absolute Gasteiger partial charge is 0.358 e. The number of nitrogens with zero attached hydrogens (tertiary/aromatic N) is 1. The lowest BCUT2D eigenvalue weighted by molar-refractivity contribution is -0.368. The van der Waals surface area contributed by atoms with Gasteiger partial charge in [-0.25, -0.2) is 5.06 Å². The third kappa shape index (κ3) is 5.82. The summed E-state index contributed by atoms with van der Waals surface area (Å²) < 4.78 is 0. The van der Waals surface area contributed by atoms with Crippen molar-refractivity contribution >= 4 is 5.91 Å². The minimum absolute atomic E-state index is 0.292. The molecule has 0 spiro atoms. The molecule has 0 aliphatic carbocycles. The molecule has 0 aliphatic rings.